The zero-order valence-corrected chi connectivity index (χ0v) is 11.7. The van der Waals surface area contributed by atoms with Crippen LogP contribution in [0.3, 0.4) is 0 Å². The summed E-state index contributed by atoms with van der Waals surface area (Å²) >= 11 is 0. The standard InChI is InChI=1S/C17H16N3/c1-12-9-16-13(11-17-18-6-8-20(16)17)10-14(12)15-5-3-4-7-19(15)2/h3-10H,11H2,1-2H3/q+1. The summed E-state index contributed by atoms with van der Waals surface area (Å²) in [5.74, 6) is 1.13. The van der Waals surface area contributed by atoms with Crippen LogP contribution in [0.2, 0.25) is 0 Å². The first-order chi connectivity index (χ1) is 9.74. The van der Waals surface area contributed by atoms with Crippen LogP contribution < -0.4 is 4.57 Å². The number of aryl methyl sites for hydroxylation is 2. The van der Waals surface area contributed by atoms with E-state index in [0.717, 1.165) is 12.2 Å². The molecule has 0 unspecified atom stereocenters. The van der Waals surface area contributed by atoms with E-state index in [2.05, 4.69) is 64.6 Å². The maximum Gasteiger partial charge on any atom is 0.212 e. The minimum Gasteiger partial charge on any atom is -0.303 e. The first kappa shape index (κ1) is 11.4. The lowest BCUT2D eigenvalue weighted by Crippen LogP contribution is -2.30. The molecule has 0 aliphatic carbocycles. The number of fused-ring (bicyclic) bond motifs is 3. The Morgan fingerprint density at radius 2 is 2.15 bits per heavy atom. The zero-order valence-electron chi connectivity index (χ0n) is 11.7. The monoisotopic (exact) mass is 262 g/mol. The molecule has 0 saturated carbocycles. The quantitative estimate of drug-likeness (QED) is 0.483. The zero-order chi connectivity index (χ0) is 13.7. The maximum atomic E-state index is 4.42. The van der Waals surface area contributed by atoms with Gasteiger partial charge in [-0.25, -0.2) is 9.55 Å². The van der Waals surface area contributed by atoms with Crippen molar-refractivity contribution in [3.63, 3.8) is 0 Å². The Morgan fingerprint density at radius 1 is 1.25 bits per heavy atom. The highest BCUT2D eigenvalue weighted by atomic mass is 15.1. The Labute approximate surface area is 118 Å². The van der Waals surface area contributed by atoms with Crippen molar-refractivity contribution in [1.82, 2.24) is 9.55 Å². The van der Waals surface area contributed by atoms with Crippen LogP contribution in [-0.2, 0) is 13.5 Å². The van der Waals surface area contributed by atoms with E-state index >= 15 is 0 Å². The smallest absolute Gasteiger partial charge is 0.212 e. The number of benzene rings is 1. The van der Waals surface area contributed by atoms with Gasteiger partial charge in [0.25, 0.3) is 0 Å². The first-order valence-corrected chi connectivity index (χ1v) is 6.85. The van der Waals surface area contributed by atoms with Crippen LogP contribution in [0.4, 0.5) is 0 Å². The number of hydrogen-bond donors (Lipinski definition) is 0. The lowest BCUT2D eigenvalue weighted by atomic mass is 9.99. The van der Waals surface area contributed by atoms with Crippen molar-refractivity contribution < 1.29 is 4.57 Å². The number of aromatic nitrogens is 3. The van der Waals surface area contributed by atoms with Crippen LogP contribution in [0.5, 0.6) is 0 Å². The van der Waals surface area contributed by atoms with E-state index in [4.69, 9.17) is 0 Å². The summed E-state index contributed by atoms with van der Waals surface area (Å²) in [7, 11) is 2.09. The number of nitrogens with zero attached hydrogens (tertiary/aromatic N) is 3. The van der Waals surface area contributed by atoms with Crippen LogP contribution in [-0.4, -0.2) is 9.55 Å². The van der Waals surface area contributed by atoms with Crippen molar-refractivity contribution in [2.75, 3.05) is 0 Å². The van der Waals surface area contributed by atoms with Gasteiger partial charge in [-0.2, -0.15) is 0 Å². The molecule has 0 amide bonds. The highest BCUT2D eigenvalue weighted by Gasteiger charge is 2.22. The fourth-order valence-electron chi connectivity index (χ4n) is 3.04. The number of imidazole rings is 1. The minimum absolute atomic E-state index is 0.923. The molecular formula is C17H16N3+. The van der Waals surface area contributed by atoms with Gasteiger partial charge in [-0.05, 0) is 36.2 Å². The Balaban J connectivity index is 1.92. The van der Waals surface area contributed by atoms with Crippen LogP contribution in [0.1, 0.15) is 17.0 Å². The highest BCUT2D eigenvalue weighted by Crippen LogP contribution is 2.32. The van der Waals surface area contributed by atoms with Gasteiger partial charge in [-0.1, -0.05) is 0 Å². The van der Waals surface area contributed by atoms with E-state index in [9.17, 15) is 0 Å². The molecule has 98 valence electrons. The molecule has 3 heterocycles. The Hall–Kier alpha value is -2.42. The fourth-order valence-corrected chi connectivity index (χ4v) is 3.04. The van der Waals surface area contributed by atoms with E-state index in [1.165, 1.54) is 28.1 Å². The molecule has 3 heteroatoms. The topological polar surface area (TPSA) is 21.7 Å². The fraction of sp³-hybridized carbons (Fsp3) is 0.176. The lowest BCUT2D eigenvalue weighted by Gasteiger charge is -2.08. The van der Waals surface area contributed by atoms with Gasteiger partial charge < -0.3 is 4.57 Å². The third-order valence-corrected chi connectivity index (χ3v) is 4.08. The van der Waals surface area contributed by atoms with Crippen LogP contribution in [0, 0.1) is 6.92 Å². The van der Waals surface area contributed by atoms with E-state index < -0.39 is 0 Å². The Morgan fingerprint density at radius 3 is 3.00 bits per heavy atom. The normalized spacial score (nSPS) is 12.3. The number of rotatable bonds is 1. The maximum absolute atomic E-state index is 4.42. The van der Waals surface area contributed by atoms with Gasteiger partial charge in [0, 0.05) is 36.5 Å². The average molecular weight is 262 g/mol. The summed E-state index contributed by atoms with van der Waals surface area (Å²) in [6.07, 6.45) is 6.93. The summed E-state index contributed by atoms with van der Waals surface area (Å²) in [6.45, 7) is 2.18. The second kappa shape index (κ2) is 4.04. The van der Waals surface area contributed by atoms with Crippen LogP contribution >= 0.6 is 0 Å². The van der Waals surface area contributed by atoms with E-state index in [-0.39, 0.29) is 0 Å². The predicted molar refractivity (Wildman–Crippen MR) is 77.7 cm³/mol. The van der Waals surface area contributed by atoms with Gasteiger partial charge in [0.1, 0.15) is 12.9 Å². The third-order valence-electron chi connectivity index (χ3n) is 4.08. The van der Waals surface area contributed by atoms with Gasteiger partial charge in [0.05, 0.1) is 5.69 Å². The molecule has 0 bridgehead atoms. The molecule has 0 radical (unpaired) electrons. The van der Waals surface area contributed by atoms with E-state index in [1.54, 1.807) is 0 Å². The van der Waals surface area contributed by atoms with E-state index in [0.29, 0.717) is 0 Å². The van der Waals surface area contributed by atoms with Gasteiger partial charge in [0.15, 0.2) is 6.20 Å². The van der Waals surface area contributed by atoms with Crippen molar-refractivity contribution in [2.24, 2.45) is 7.05 Å². The molecular weight excluding hydrogens is 246 g/mol. The van der Waals surface area contributed by atoms with Crippen LogP contribution in [0.25, 0.3) is 16.9 Å². The SMILES string of the molecule is Cc1cc2c(cc1-c1cccc[n+]1C)Cc1nccn1-2. The van der Waals surface area contributed by atoms with Crippen molar-refractivity contribution >= 4 is 0 Å². The molecule has 1 aliphatic heterocycles. The van der Waals surface area contributed by atoms with Gasteiger partial charge in [-0.3, -0.25) is 0 Å². The minimum atomic E-state index is 0.923. The molecule has 1 aromatic carbocycles. The molecule has 2 aromatic heterocycles. The molecule has 0 spiro atoms. The molecule has 0 atom stereocenters. The van der Waals surface area contributed by atoms with Crippen molar-refractivity contribution in [3.8, 4) is 16.9 Å². The van der Waals surface area contributed by atoms with Gasteiger partial charge >= 0.3 is 0 Å². The molecule has 0 saturated heterocycles. The number of pyridine rings is 1. The summed E-state index contributed by atoms with van der Waals surface area (Å²) in [6, 6.07) is 10.9. The van der Waals surface area contributed by atoms with Crippen molar-refractivity contribution in [2.45, 2.75) is 13.3 Å². The van der Waals surface area contributed by atoms with Gasteiger partial charge in [0.2, 0.25) is 5.69 Å². The molecule has 0 N–H and O–H groups in total. The summed E-state index contributed by atoms with van der Waals surface area (Å²) in [5.41, 5.74) is 6.48. The van der Waals surface area contributed by atoms with Crippen LogP contribution in [0.15, 0.2) is 48.9 Å². The molecule has 0 fully saturated rings. The Kier molecular flexibility index (Phi) is 2.30. The highest BCUT2D eigenvalue weighted by molar-refractivity contribution is 5.67. The lowest BCUT2D eigenvalue weighted by molar-refractivity contribution is -0.660. The predicted octanol–water partition coefficient (Wildman–Crippen LogP) is 2.58. The molecule has 1 aliphatic rings. The third kappa shape index (κ3) is 1.53. The molecule has 3 aromatic rings. The van der Waals surface area contributed by atoms with Crippen molar-refractivity contribution in [1.29, 1.82) is 0 Å². The van der Waals surface area contributed by atoms with Gasteiger partial charge in [-0.15, -0.1) is 0 Å². The first-order valence-electron chi connectivity index (χ1n) is 6.85. The van der Waals surface area contributed by atoms with E-state index in [1.807, 2.05) is 12.4 Å². The summed E-state index contributed by atoms with van der Waals surface area (Å²) in [4.78, 5) is 4.42. The van der Waals surface area contributed by atoms with Crippen molar-refractivity contribution in [3.05, 3.63) is 65.9 Å². The summed E-state index contributed by atoms with van der Waals surface area (Å²) < 4.78 is 4.36. The molecule has 20 heavy (non-hydrogen) atoms. The second-order valence-corrected chi connectivity index (χ2v) is 5.38. The largest absolute Gasteiger partial charge is 0.303 e. The number of hydrogen-bond acceptors (Lipinski definition) is 1. The summed E-state index contributed by atoms with van der Waals surface area (Å²) in [5, 5.41) is 0. The molecule has 3 nitrogen and oxygen atoms in total. The molecule has 4 rings (SSSR count). The Bertz CT molecular complexity index is 815. The second-order valence-electron chi connectivity index (χ2n) is 5.38. The average Bonchev–Trinajstić information content (AvgIpc) is 3.00.